The molecule has 30 heavy (non-hydrogen) atoms. The standard InChI is InChI=1S/C19H17F3N6O2/c1-30-16(24)7-6-15(23)28-14-5-3-11(19(20,21)22)8-13(14)27-18(28)12-4-2-10(9-26-12)17(25)29/h2-9H,23-24H2,1H3,(H2,25,29)/b15-6+,16-7+. The number of carbonyl (C=O) groups excluding carboxylic acids is 1. The Morgan fingerprint density at radius 1 is 1.13 bits per heavy atom. The molecule has 0 aliphatic rings. The third-order valence-electron chi connectivity index (χ3n) is 4.17. The Balaban J connectivity index is 2.24. The largest absolute Gasteiger partial charge is 0.483 e. The molecule has 156 valence electrons. The third-order valence-corrected chi connectivity index (χ3v) is 4.17. The van der Waals surface area contributed by atoms with E-state index in [1.807, 2.05) is 0 Å². The van der Waals surface area contributed by atoms with Gasteiger partial charge in [-0.3, -0.25) is 14.3 Å². The molecule has 8 nitrogen and oxygen atoms in total. The quantitative estimate of drug-likeness (QED) is 0.430. The highest BCUT2D eigenvalue weighted by molar-refractivity contribution is 5.93. The van der Waals surface area contributed by atoms with Crippen LogP contribution in [0.5, 0.6) is 0 Å². The second-order valence-electron chi connectivity index (χ2n) is 6.13. The number of rotatable bonds is 5. The number of nitrogens with two attached hydrogens (primary N) is 3. The molecule has 2 heterocycles. The van der Waals surface area contributed by atoms with Crippen LogP contribution in [0, 0.1) is 0 Å². The number of aromatic nitrogens is 3. The average molecular weight is 418 g/mol. The van der Waals surface area contributed by atoms with Crippen LogP contribution in [0.1, 0.15) is 15.9 Å². The summed E-state index contributed by atoms with van der Waals surface area (Å²) in [5.74, 6) is -0.323. The van der Waals surface area contributed by atoms with Gasteiger partial charge in [0.15, 0.2) is 11.7 Å². The molecule has 1 aromatic carbocycles. The molecule has 11 heteroatoms. The molecular weight excluding hydrogens is 401 g/mol. The Hall–Kier alpha value is -4.02. The number of carbonyl (C=O) groups is 1. The van der Waals surface area contributed by atoms with Crippen molar-refractivity contribution in [3.63, 3.8) is 0 Å². The smallest absolute Gasteiger partial charge is 0.416 e. The van der Waals surface area contributed by atoms with E-state index in [0.29, 0.717) is 5.52 Å². The van der Waals surface area contributed by atoms with E-state index in [1.165, 1.54) is 48.2 Å². The zero-order chi connectivity index (χ0) is 22.1. The summed E-state index contributed by atoms with van der Waals surface area (Å²) in [6, 6.07) is 6.00. The Kier molecular flexibility index (Phi) is 5.37. The van der Waals surface area contributed by atoms with Gasteiger partial charge in [0.2, 0.25) is 5.91 Å². The van der Waals surface area contributed by atoms with Crippen molar-refractivity contribution >= 4 is 22.8 Å². The number of primary amides is 1. The van der Waals surface area contributed by atoms with Gasteiger partial charge in [0.1, 0.15) is 11.5 Å². The molecule has 0 saturated carbocycles. The second-order valence-corrected chi connectivity index (χ2v) is 6.13. The molecule has 3 aromatic rings. The number of methoxy groups -OCH3 is 1. The Morgan fingerprint density at radius 2 is 1.87 bits per heavy atom. The summed E-state index contributed by atoms with van der Waals surface area (Å²) in [6.45, 7) is 0. The molecule has 0 bridgehead atoms. The van der Waals surface area contributed by atoms with Gasteiger partial charge >= 0.3 is 6.18 Å². The fourth-order valence-electron chi connectivity index (χ4n) is 2.67. The Labute approximate surface area is 168 Å². The molecular formula is C19H17F3N6O2. The predicted molar refractivity (Wildman–Crippen MR) is 104 cm³/mol. The molecule has 1 amide bonds. The van der Waals surface area contributed by atoms with Gasteiger partial charge in [-0.2, -0.15) is 13.2 Å². The second kappa shape index (κ2) is 7.78. The van der Waals surface area contributed by atoms with Gasteiger partial charge in [0, 0.05) is 12.3 Å². The van der Waals surface area contributed by atoms with Crippen molar-refractivity contribution in [1.82, 2.24) is 14.5 Å². The van der Waals surface area contributed by atoms with Crippen molar-refractivity contribution in [2.24, 2.45) is 17.2 Å². The molecule has 0 saturated heterocycles. The van der Waals surface area contributed by atoms with E-state index in [0.717, 1.165) is 12.1 Å². The zero-order valence-corrected chi connectivity index (χ0v) is 15.6. The number of benzene rings is 1. The summed E-state index contributed by atoms with van der Waals surface area (Å²) in [6.07, 6.45) is -0.487. The minimum absolute atomic E-state index is 0.0562. The van der Waals surface area contributed by atoms with Gasteiger partial charge < -0.3 is 21.9 Å². The van der Waals surface area contributed by atoms with Gasteiger partial charge in [-0.25, -0.2) is 4.98 Å². The van der Waals surface area contributed by atoms with E-state index in [-0.39, 0.29) is 34.3 Å². The highest BCUT2D eigenvalue weighted by atomic mass is 19.4. The van der Waals surface area contributed by atoms with Crippen molar-refractivity contribution in [2.45, 2.75) is 6.18 Å². The van der Waals surface area contributed by atoms with Gasteiger partial charge in [-0.1, -0.05) is 0 Å². The van der Waals surface area contributed by atoms with Crippen molar-refractivity contribution in [3.8, 4) is 11.5 Å². The highest BCUT2D eigenvalue weighted by Gasteiger charge is 2.31. The number of ether oxygens (including phenoxy) is 1. The molecule has 0 spiro atoms. The van der Waals surface area contributed by atoms with Crippen LogP contribution in [-0.4, -0.2) is 27.6 Å². The molecule has 0 atom stereocenters. The van der Waals surface area contributed by atoms with Crippen LogP contribution < -0.4 is 17.2 Å². The number of allylic oxidation sites excluding steroid dienone is 2. The fourth-order valence-corrected chi connectivity index (χ4v) is 2.67. The normalized spacial score (nSPS) is 12.9. The number of halogens is 3. The van der Waals surface area contributed by atoms with Crippen LogP contribution in [0.2, 0.25) is 0 Å². The fraction of sp³-hybridized carbons (Fsp3) is 0.105. The number of amides is 1. The molecule has 6 N–H and O–H groups in total. The molecule has 0 fully saturated rings. The number of alkyl halides is 3. The monoisotopic (exact) mass is 418 g/mol. The van der Waals surface area contributed by atoms with Gasteiger partial charge in [-0.15, -0.1) is 0 Å². The molecule has 0 unspecified atom stereocenters. The predicted octanol–water partition coefficient (Wildman–Crippen LogP) is 2.42. The maximum Gasteiger partial charge on any atom is 0.416 e. The SMILES string of the molecule is CO/C(N)=C/C=C(\N)n1c(-c2ccc(C(N)=O)cn2)nc2cc(C(F)(F)F)ccc21. The lowest BCUT2D eigenvalue weighted by Gasteiger charge is -2.10. The van der Waals surface area contributed by atoms with Gasteiger partial charge in [-0.05, 0) is 36.4 Å². The van der Waals surface area contributed by atoms with Crippen molar-refractivity contribution in [3.05, 3.63) is 65.7 Å². The van der Waals surface area contributed by atoms with E-state index in [9.17, 15) is 18.0 Å². The maximum atomic E-state index is 13.1. The molecule has 0 aliphatic carbocycles. The van der Waals surface area contributed by atoms with Gasteiger partial charge in [0.25, 0.3) is 0 Å². The molecule has 2 aromatic heterocycles. The number of fused-ring (bicyclic) bond motifs is 1. The summed E-state index contributed by atoms with van der Waals surface area (Å²) < 4.78 is 45.6. The summed E-state index contributed by atoms with van der Waals surface area (Å²) >= 11 is 0. The highest BCUT2D eigenvalue weighted by Crippen LogP contribution is 2.33. The van der Waals surface area contributed by atoms with Crippen LogP contribution in [0.3, 0.4) is 0 Å². The van der Waals surface area contributed by atoms with E-state index < -0.39 is 17.6 Å². The number of nitrogens with zero attached hydrogens (tertiary/aromatic N) is 3. The lowest BCUT2D eigenvalue weighted by molar-refractivity contribution is -0.137. The topological polar surface area (TPSA) is 135 Å². The van der Waals surface area contributed by atoms with E-state index >= 15 is 0 Å². The minimum Gasteiger partial charge on any atom is -0.483 e. The van der Waals surface area contributed by atoms with Crippen molar-refractivity contribution in [1.29, 1.82) is 0 Å². The zero-order valence-electron chi connectivity index (χ0n) is 15.6. The molecule has 0 aliphatic heterocycles. The van der Waals surface area contributed by atoms with Crippen LogP contribution in [0.25, 0.3) is 28.4 Å². The first-order chi connectivity index (χ1) is 14.1. The van der Waals surface area contributed by atoms with Crippen LogP contribution in [0.4, 0.5) is 13.2 Å². The maximum absolute atomic E-state index is 13.1. The third kappa shape index (κ3) is 4.04. The van der Waals surface area contributed by atoms with Crippen LogP contribution in [0.15, 0.2) is 54.6 Å². The number of imidazole rings is 1. The number of pyridine rings is 1. The van der Waals surface area contributed by atoms with Crippen LogP contribution >= 0.6 is 0 Å². The Morgan fingerprint density at radius 3 is 2.43 bits per heavy atom. The van der Waals surface area contributed by atoms with E-state index in [1.54, 1.807) is 0 Å². The number of hydrogen-bond donors (Lipinski definition) is 3. The first-order valence-electron chi connectivity index (χ1n) is 8.45. The van der Waals surface area contributed by atoms with Crippen molar-refractivity contribution < 1.29 is 22.7 Å². The summed E-state index contributed by atoms with van der Waals surface area (Å²) in [5.41, 5.74) is 16.9. The van der Waals surface area contributed by atoms with Crippen molar-refractivity contribution in [2.75, 3.05) is 7.11 Å². The van der Waals surface area contributed by atoms with Gasteiger partial charge in [0.05, 0.1) is 29.3 Å². The summed E-state index contributed by atoms with van der Waals surface area (Å²) in [5, 5.41) is 0. The molecule has 0 radical (unpaired) electrons. The average Bonchev–Trinajstić information content (AvgIpc) is 3.10. The first-order valence-corrected chi connectivity index (χ1v) is 8.45. The first kappa shape index (κ1) is 20.7. The lowest BCUT2D eigenvalue weighted by atomic mass is 10.2. The Bertz CT molecular complexity index is 1160. The van der Waals surface area contributed by atoms with E-state index in [4.69, 9.17) is 21.9 Å². The van der Waals surface area contributed by atoms with E-state index in [2.05, 4.69) is 9.97 Å². The lowest BCUT2D eigenvalue weighted by Crippen LogP contribution is -2.12. The summed E-state index contributed by atoms with van der Waals surface area (Å²) in [4.78, 5) is 19.7. The van der Waals surface area contributed by atoms with Crippen LogP contribution in [-0.2, 0) is 10.9 Å². The minimum atomic E-state index is -4.53. The summed E-state index contributed by atoms with van der Waals surface area (Å²) in [7, 11) is 1.37. The number of hydrogen-bond acceptors (Lipinski definition) is 6. The molecule has 3 rings (SSSR count).